The molecular weight excluding hydrogens is 353 g/mol. The van der Waals surface area contributed by atoms with Crippen molar-refractivity contribution >= 4 is 23.3 Å². The summed E-state index contributed by atoms with van der Waals surface area (Å²) in [6, 6.07) is 1.49. The Balaban J connectivity index is 2.04. The average Bonchev–Trinajstić information content (AvgIpc) is 2.88. The van der Waals surface area contributed by atoms with Crippen molar-refractivity contribution in [3.8, 4) is 0 Å². The molecule has 6 nitrogen and oxygen atoms in total. The molecule has 0 aliphatic rings. The number of aromatic amines is 1. The molecule has 1 amide bonds. The van der Waals surface area contributed by atoms with Crippen molar-refractivity contribution in [1.29, 1.82) is 0 Å². The van der Waals surface area contributed by atoms with Gasteiger partial charge in [-0.15, -0.1) is 0 Å². The number of rotatable bonds is 5. The number of carbonyl (C=O) groups is 3. The number of hydrogen-bond donors (Lipinski definition) is 2. The molecule has 0 unspecified atom stereocenters. The highest BCUT2D eigenvalue weighted by molar-refractivity contribution is 6.01. The number of nitrogens with one attached hydrogen (secondary N) is 2. The molecule has 2 N–H and O–H groups in total. The number of aryl methyl sites for hydroxylation is 1. The van der Waals surface area contributed by atoms with Crippen LogP contribution in [0.3, 0.4) is 0 Å². The number of amides is 1. The van der Waals surface area contributed by atoms with Crippen LogP contribution in [0.25, 0.3) is 0 Å². The van der Waals surface area contributed by atoms with Gasteiger partial charge in [0.25, 0.3) is 5.91 Å². The quantitative estimate of drug-likeness (QED) is 0.482. The molecule has 26 heavy (non-hydrogen) atoms. The van der Waals surface area contributed by atoms with Crippen molar-refractivity contribution < 1.29 is 32.3 Å². The average molecular weight is 368 g/mol. The Morgan fingerprint density at radius 1 is 1.12 bits per heavy atom. The zero-order chi connectivity index (χ0) is 19.6. The minimum absolute atomic E-state index is 0.0134. The van der Waals surface area contributed by atoms with Gasteiger partial charge >= 0.3 is 5.97 Å². The molecule has 2 rings (SSSR count). The number of ether oxygens (including phenoxy) is 1. The van der Waals surface area contributed by atoms with Crippen molar-refractivity contribution in [2.45, 2.75) is 20.8 Å². The number of esters is 1. The second kappa shape index (κ2) is 7.42. The van der Waals surface area contributed by atoms with Crippen molar-refractivity contribution in [3.05, 3.63) is 52.1 Å². The normalized spacial score (nSPS) is 10.5. The third kappa shape index (κ3) is 3.76. The van der Waals surface area contributed by atoms with E-state index in [1.165, 1.54) is 6.92 Å². The molecule has 0 fully saturated rings. The molecule has 0 aliphatic heterocycles. The van der Waals surface area contributed by atoms with Gasteiger partial charge < -0.3 is 15.0 Å². The maximum Gasteiger partial charge on any atom is 0.355 e. The second-order valence-electron chi connectivity index (χ2n) is 5.53. The summed E-state index contributed by atoms with van der Waals surface area (Å²) in [5.74, 6) is -6.76. The van der Waals surface area contributed by atoms with Gasteiger partial charge in [0.2, 0.25) is 0 Å². The largest absolute Gasteiger partial charge is 0.451 e. The summed E-state index contributed by atoms with van der Waals surface area (Å²) < 4.78 is 44.2. The zero-order valence-electron chi connectivity index (χ0n) is 14.1. The highest BCUT2D eigenvalue weighted by Crippen LogP contribution is 2.20. The lowest BCUT2D eigenvalue weighted by Crippen LogP contribution is -2.22. The Morgan fingerprint density at radius 3 is 2.35 bits per heavy atom. The molecule has 0 saturated heterocycles. The Hall–Kier alpha value is -3.10. The molecular formula is C17H15F3N2O4. The molecule has 0 aliphatic carbocycles. The van der Waals surface area contributed by atoms with Gasteiger partial charge in [-0.05, 0) is 38.5 Å². The van der Waals surface area contributed by atoms with E-state index >= 15 is 0 Å². The Morgan fingerprint density at radius 2 is 1.77 bits per heavy atom. The van der Waals surface area contributed by atoms with Gasteiger partial charge in [-0.2, -0.15) is 0 Å². The van der Waals surface area contributed by atoms with Gasteiger partial charge in [-0.25, -0.2) is 18.0 Å². The van der Waals surface area contributed by atoms with Crippen LogP contribution in [0.1, 0.15) is 39.0 Å². The standard InChI is InChI=1S/C17H15F3N2O4/c1-7-13(9(3)23)8(2)21-16(7)17(25)26-6-12(24)22-11-5-4-10(18)14(19)15(11)20/h4-5,21H,6H2,1-3H3,(H,22,24). The highest BCUT2D eigenvalue weighted by atomic mass is 19.2. The Labute approximate surface area is 146 Å². The number of benzene rings is 1. The van der Waals surface area contributed by atoms with Crippen LogP contribution in [0, 0.1) is 31.3 Å². The second-order valence-corrected chi connectivity index (χ2v) is 5.53. The molecule has 138 valence electrons. The number of Topliss-reactive ketones (excluding diaryl/α,β-unsaturated/α-hetero) is 1. The molecule has 0 saturated carbocycles. The third-order valence-electron chi connectivity index (χ3n) is 3.64. The highest BCUT2D eigenvalue weighted by Gasteiger charge is 2.22. The number of aromatic nitrogens is 1. The van der Waals surface area contributed by atoms with Crippen molar-refractivity contribution in [1.82, 2.24) is 4.98 Å². The number of H-pyrrole nitrogens is 1. The maximum absolute atomic E-state index is 13.5. The van der Waals surface area contributed by atoms with E-state index in [4.69, 9.17) is 4.74 Å². The predicted molar refractivity (Wildman–Crippen MR) is 85.5 cm³/mol. The van der Waals surface area contributed by atoms with Crippen LogP contribution in [0.2, 0.25) is 0 Å². The molecule has 2 aromatic rings. The Bertz CT molecular complexity index is 906. The van der Waals surface area contributed by atoms with Crippen LogP contribution in [0.4, 0.5) is 18.9 Å². The first-order valence-electron chi connectivity index (χ1n) is 7.44. The summed E-state index contributed by atoms with van der Waals surface area (Å²) in [7, 11) is 0. The topological polar surface area (TPSA) is 88.3 Å². The van der Waals surface area contributed by atoms with Crippen LogP contribution < -0.4 is 5.32 Å². The molecule has 9 heteroatoms. The van der Waals surface area contributed by atoms with Gasteiger partial charge in [0, 0.05) is 11.3 Å². The summed E-state index contributed by atoms with van der Waals surface area (Å²) in [5, 5.41) is 1.97. The van der Waals surface area contributed by atoms with Gasteiger partial charge in [-0.1, -0.05) is 0 Å². The fraction of sp³-hybridized carbons (Fsp3) is 0.235. The van der Waals surface area contributed by atoms with Crippen molar-refractivity contribution in [3.63, 3.8) is 0 Å². The molecule has 1 aromatic carbocycles. The third-order valence-corrected chi connectivity index (χ3v) is 3.64. The van der Waals surface area contributed by atoms with E-state index < -0.39 is 41.6 Å². The van der Waals surface area contributed by atoms with E-state index in [0.717, 1.165) is 6.07 Å². The molecule has 1 aromatic heterocycles. The molecule has 0 radical (unpaired) electrons. The monoisotopic (exact) mass is 368 g/mol. The van der Waals surface area contributed by atoms with Crippen molar-refractivity contribution in [2.75, 3.05) is 11.9 Å². The number of halogens is 3. The first kappa shape index (κ1) is 19.2. The van der Waals surface area contributed by atoms with Crippen LogP contribution in [-0.4, -0.2) is 29.3 Å². The summed E-state index contributed by atoms with van der Waals surface area (Å²) in [5.41, 5.74) is 0.641. The van der Waals surface area contributed by atoms with Gasteiger partial charge in [0.15, 0.2) is 29.8 Å². The number of carbonyl (C=O) groups excluding carboxylic acids is 3. The number of hydrogen-bond acceptors (Lipinski definition) is 4. The summed E-state index contributed by atoms with van der Waals surface area (Å²) in [6.07, 6.45) is 0. The van der Waals surface area contributed by atoms with Crippen LogP contribution >= 0.6 is 0 Å². The van der Waals surface area contributed by atoms with Gasteiger partial charge in [-0.3, -0.25) is 9.59 Å². The molecule has 0 bridgehead atoms. The van der Waals surface area contributed by atoms with E-state index in [0.29, 0.717) is 22.9 Å². The Kier molecular flexibility index (Phi) is 5.49. The fourth-order valence-corrected chi connectivity index (χ4v) is 2.49. The van der Waals surface area contributed by atoms with Crippen molar-refractivity contribution in [2.24, 2.45) is 0 Å². The predicted octanol–water partition coefficient (Wildman–Crippen LogP) is 3.05. The van der Waals surface area contributed by atoms with E-state index in [9.17, 15) is 27.6 Å². The smallest absolute Gasteiger partial charge is 0.355 e. The van der Waals surface area contributed by atoms with E-state index in [2.05, 4.69) is 4.98 Å². The first-order valence-corrected chi connectivity index (χ1v) is 7.44. The van der Waals surface area contributed by atoms with Crippen LogP contribution in [0.15, 0.2) is 12.1 Å². The summed E-state index contributed by atoms with van der Waals surface area (Å²) in [4.78, 5) is 38.0. The molecule has 1 heterocycles. The van der Waals surface area contributed by atoms with Gasteiger partial charge in [0.1, 0.15) is 5.69 Å². The molecule has 0 atom stereocenters. The zero-order valence-corrected chi connectivity index (χ0v) is 14.1. The minimum atomic E-state index is -1.73. The first-order chi connectivity index (χ1) is 12.1. The maximum atomic E-state index is 13.5. The van der Waals surface area contributed by atoms with E-state index in [-0.39, 0.29) is 11.5 Å². The van der Waals surface area contributed by atoms with Crippen LogP contribution in [0.5, 0.6) is 0 Å². The van der Waals surface area contributed by atoms with E-state index in [1.807, 2.05) is 5.32 Å². The number of anilines is 1. The lowest BCUT2D eigenvalue weighted by Gasteiger charge is -2.08. The van der Waals surface area contributed by atoms with Crippen LogP contribution in [-0.2, 0) is 9.53 Å². The lowest BCUT2D eigenvalue weighted by molar-refractivity contribution is -0.119. The summed E-state index contributed by atoms with van der Waals surface area (Å²) in [6.45, 7) is 3.72. The number of ketones is 1. The molecule has 0 spiro atoms. The lowest BCUT2D eigenvalue weighted by atomic mass is 10.1. The summed E-state index contributed by atoms with van der Waals surface area (Å²) >= 11 is 0. The SMILES string of the molecule is CC(=O)c1c(C)[nH]c(C(=O)OCC(=O)Nc2ccc(F)c(F)c2F)c1C. The minimum Gasteiger partial charge on any atom is -0.451 e. The van der Waals surface area contributed by atoms with E-state index in [1.54, 1.807) is 13.8 Å². The fourth-order valence-electron chi connectivity index (χ4n) is 2.49. The van der Waals surface area contributed by atoms with Gasteiger partial charge in [0.05, 0.1) is 5.69 Å².